The van der Waals surface area contributed by atoms with Gasteiger partial charge in [-0.05, 0) is 28.3 Å². The molecule has 0 saturated heterocycles. The molecule has 2 heterocycles. The number of aromatic nitrogens is 4. The molecule has 0 fully saturated rings. The van der Waals surface area contributed by atoms with Crippen LogP contribution in [0, 0.1) is 0 Å². The quantitative estimate of drug-likeness (QED) is 0.319. The van der Waals surface area contributed by atoms with E-state index in [1.165, 1.54) is 11.7 Å². The van der Waals surface area contributed by atoms with E-state index < -0.39 is 0 Å². The van der Waals surface area contributed by atoms with E-state index in [2.05, 4.69) is 80.6 Å². The first-order valence-corrected chi connectivity index (χ1v) is 10.0. The third kappa shape index (κ3) is 2.73. The van der Waals surface area contributed by atoms with Crippen LogP contribution in [0.1, 0.15) is 0 Å². The van der Waals surface area contributed by atoms with Crippen molar-refractivity contribution in [1.29, 1.82) is 0 Å². The number of nitrogen functional groups attached to an aromatic ring is 1. The summed E-state index contributed by atoms with van der Waals surface area (Å²) in [6.07, 6.45) is 1.50. The van der Waals surface area contributed by atoms with Gasteiger partial charge in [0.1, 0.15) is 12.2 Å². The molecule has 0 unspecified atom stereocenters. The Balaban J connectivity index is 1.73. The van der Waals surface area contributed by atoms with Gasteiger partial charge in [-0.25, -0.2) is 20.8 Å². The van der Waals surface area contributed by atoms with Gasteiger partial charge in [-0.15, -0.1) is 0 Å². The molecule has 6 rings (SSSR count). The number of nitrogens with zero attached hydrogens (tertiary/aromatic N) is 4. The van der Waals surface area contributed by atoms with Crippen LogP contribution in [-0.4, -0.2) is 19.5 Å². The maximum Gasteiger partial charge on any atom is 0.171 e. The summed E-state index contributed by atoms with van der Waals surface area (Å²) in [6.45, 7) is 0. The molecule has 0 saturated carbocycles. The molecular formula is C25H18N6. The number of nitrogens with one attached hydrogen (secondary N) is 1. The van der Waals surface area contributed by atoms with E-state index >= 15 is 0 Å². The van der Waals surface area contributed by atoms with Crippen molar-refractivity contribution < 1.29 is 0 Å². The number of hydrazine groups is 1. The molecule has 6 nitrogen and oxygen atoms in total. The highest BCUT2D eigenvalue weighted by Crippen LogP contribution is 2.34. The van der Waals surface area contributed by atoms with Crippen LogP contribution in [-0.2, 0) is 0 Å². The predicted octanol–water partition coefficient (Wildman–Crippen LogP) is 5.07. The number of nitrogens with two attached hydrogens (primary N) is 1. The Morgan fingerprint density at radius 1 is 0.742 bits per heavy atom. The van der Waals surface area contributed by atoms with Crippen molar-refractivity contribution in [1.82, 2.24) is 19.5 Å². The van der Waals surface area contributed by atoms with Gasteiger partial charge in [0, 0.05) is 10.9 Å². The van der Waals surface area contributed by atoms with Gasteiger partial charge in [-0.2, -0.15) is 0 Å². The largest absolute Gasteiger partial charge is 0.306 e. The molecule has 0 aliphatic rings. The molecule has 2 aromatic heterocycles. The Hall–Kier alpha value is -4.29. The second-order valence-electron chi connectivity index (χ2n) is 7.37. The average molecular weight is 402 g/mol. The van der Waals surface area contributed by atoms with Crippen LogP contribution >= 0.6 is 0 Å². The summed E-state index contributed by atoms with van der Waals surface area (Å²) < 4.78 is 2.09. The molecular weight excluding hydrogens is 384 g/mol. The number of hydrogen-bond donors (Lipinski definition) is 2. The number of imidazole rings is 1. The van der Waals surface area contributed by atoms with Crippen LogP contribution in [0.25, 0.3) is 49.8 Å². The van der Waals surface area contributed by atoms with Crippen molar-refractivity contribution in [3.63, 3.8) is 0 Å². The third-order valence-electron chi connectivity index (χ3n) is 5.60. The maximum absolute atomic E-state index is 5.73. The summed E-state index contributed by atoms with van der Waals surface area (Å²) in [5, 5.41) is 4.60. The van der Waals surface area contributed by atoms with Crippen molar-refractivity contribution in [3.8, 4) is 17.1 Å². The Kier molecular flexibility index (Phi) is 3.91. The second kappa shape index (κ2) is 6.90. The molecule has 0 aliphatic heterocycles. The Morgan fingerprint density at radius 3 is 2.39 bits per heavy atom. The lowest BCUT2D eigenvalue weighted by molar-refractivity contribution is 1.08. The normalized spacial score (nSPS) is 11.4. The molecule has 6 heteroatoms. The first-order chi connectivity index (χ1) is 15.3. The van der Waals surface area contributed by atoms with Gasteiger partial charge in [0.05, 0.1) is 5.69 Å². The van der Waals surface area contributed by atoms with Crippen LogP contribution < -0.4 is 11.3 Å². The molecule has 0 spiro atoms. The fourth-order valence-electron chi connectivity index (χ4n) is 4.15. The van der Waals surface area contributed by atoms with Crippen molar-refractivity contribution >= 4 is 38.5 Å². The van der Waals surface area contributed by atoms with Gasteiger partial charge in [0.25, 0.3) is 0 Å². The highest BCUT2D eigenvalue weighted by atomic mass is 15.3. The first-order valence-electron chi connectivity index (χ1n) is 10.0. The van der Waals surface area contributed by atoms with Crippen LogP contribution in [0.15, 0.2) is 91.3 Å². The fourth-order valence-corrected chi connectivity index (χ4v) is 4.15. The number of fused-ring (bicyclic) bond motifs is 3. The standard InChI is InChI=1S/C25H18N6/c26-30-23-22-25(28-15-27-23)31(21-11-5-9-17-7-3-4-10-20(17)21)24(29-22)19-13-12-16-6-1-2-8-18(16)14-19/h1-15H,26H2,(H,27,28,30). The Labute approximate surface area is 178 Å². The zero-order valence-corrected chi connectivity index (χ0v) is 16.5. The van der Waals surface area contributed by atoms with E-state index in [-0.39, 0.29) is 0 Å². The van der Waals surface area contributed by atoms with E-state index in [4.69, 9.17) is 10.8 Å². The fraction of sp³-hybridized carbons (Fsp3) is 0. The SMILES string of the molecule is NNc1ncnc2c1nc(-c1ccc3ccccc3c1)n2-c1cccc2ccccc12. The van der Waals surface area contributed by atoms with E-state index in [9.17, 15) is 0 Å². The smallest absolute Gasteiger partial charge is 0.171 e. The lowest BCUT2D eigenvalue weighted by atomic mass is 10.1. The number of hydrogen-bond acceptors (Lipinski definition) is 5. The highest BCUT2D eigenvalue weighted by Gasteiger charge is 2.20. The highest BCUT2D eigenvalue weighted by molar-refractivity contribution is 5.96. The molecule has 0 atom stereocenters. The average Bonchev–Trinajstić information content (AvgIpc) is 3.23. The third-order valence-corrected chi connectivity index (χ3v) is 5.60. The molecule has 0 aliphatic carbocycles. The van der Waals surface area contributed by atoms with Crippen molar-refractivity contribution in [2.45, 2.75) is 0 Å². The van der Waals surface area contributed by atoms with E-state index in [1.54, 1.807) is 0 Å². The molecule has 0 radical (unpaired) electrons. The van der Waals surface area contributed by atoms with E-state index in [1.807, 2.05) is 24.3 Å². The maximum atomic E-state index is 5.73. The van der Waals surface area contributed by atoms with Crippen molar-refractivity contribution in [2.75, 3.05) is 5.43 Å². The lowest BCUT2D eigenvalue weighted by Crippen LogP contribution is -2.09. The lowest BCUT2D eigenvalue weighted by Gasteiger charge is -2.12. The minimum absolute atomic E-state index is 0.492. The van der Waals surface area contributed by atoms with Gasteiger partial charge in [0.2, 0.25) is 0 Å². The van der Waals surface area contributed by atoms with Crippen molar-refractivity contribution in [2.24, 2.45) is 5.84 Å². The van der Waals surface area contributed by atoms with E-state index in [0.29, 0.717) is 17.0 Å². The first kappa shape index (κ1) is 17.6. The summed E-state index contributed by atoms with van der Waals surface area (Å²) in [6, 6.07) is 29.2. The zero-order chi connectivity index (χ0) is 20.8. The van der Waals surface area contributed by atoms with Gasteiger partial charge in [-0.3, -0.25) is 4.57 Å². The van der Waals surface area contributed by atoms with Gasteiger partial charge in [-0.1, -0.05) is 72.8 Å². The summed E-state index contributed by atoms with van der Waals surface area (Å²) in [4.78, 5) is 13.8. The summed E-state index contributed by atoms with van der Waals surface area (Å²) in [5.74, 6) is 7.01. The topological polar surface area (TPSA) is 81.7 Å². The van der Waals surface area contributed by atoms with Gasteiger partial charge in [0.15, 0.2) is 17.0 Å². The van der Waals surface area contributed by atoms with Crippen molar-refractivity contribution in [3.05, 3.63) is 91.3 Å². The summed E-state index contributed by atoms with van der Waals surface area (Å²) in [7, 11) is 0. The van der Waals surface area contributed by atoms with Crippen LogP contribution in [0.2, 0.25) is 0 Å². The Morgan fingerprint density at radius 2 is 1.52 bits per heavy atom. The molecule has 4 aromatic carbocycles. The van der Waals surface area contributed by atoms with Crippen LogP contribution in [0.5, 0.6) is 0 Å². The molecule has 148 valence electrons. The summed E-state index contributed by atoms with van der Waals surface area (Å²) in [5.41, 5.74) is 5.97. The second-order valence-corrected chi connectivity index (χ2v) is 7.37. The Bertz CT molecular complexity index is 1580. The summed E-state index contributed by atoms with van der Waals surface area (Å²) >= 11 is 0. The monoisotopic (exact) mass is 402 g/mol. The molecule has 0 bridgehead atoms. The van der Waals surface area contributed by atoms with E-state index in [0.717, 1.165) is 33.2 Å². The van der Waals surface area contributed by atoms with Gasteiger partial charge >= 0.3 is 0 Å². The van der Waals surface area contributed by atoms with Gasteiger partial charge < -0.3 is 5.43 Å². The van der Waals surface area contributed by atoms with Crippen LogP contribution in [0.3, 0.4) is 0 Å². The van der Waals surface area contributed by atoms with Crippen LogP contribution in [0.4, 0.5) is 5.82 Å². The number of rotatable bonds is 3. The molecule has 6 aromatic rings. The zero-order valence-electron chi connectivity index (χ0n) is 16.5. The molecule has 0 amide bonds. The number of benzene rings is 4. The molecule has 3 N–H and O–H groups in total. The molecule has 31 heavy (non-hydrogen) atoms. The number of anilines is 1. The minimum Gasteiger partial charge on any atom is -0.306 e. The minimum atomic E-state index is 0.492. The predicted molar refractivity (Wildman–Crippen MR) is 125 cm³/mol.